The van der Waals surface area contributed by atoms with Crippen molar-refractivity contribution in [2.45, 2.75) is 77.0 Å². The molecule has 0 amide bonds. The van der Waals surface area contributed by atoms with E-state index in [1.165, 1.54) is 27.7 Å². The van der Waals surface area contributed by atoms with Crippen LogP contribution < -0.4 is 4.74 Å². The molecule has 0 aromatic heterocycles. The summed E-state index contributed by atoms with van der Waals surface area (Å²) in [6, 6.07) is 13.1. The minimum Gasteiger partial charge on any atom is -0.488 e. The lowest BCUT2D eigenvalue weighted by Crippen LogP contribution is -2.51. The fraction of sp³-hybridized carbons (Fsp3) is 0.500. The number of hydrogen-bond acceptors (Lipinski definition) is 11. The number of rotatable bonds is 14. The molecule has 0 saturated carbocycles. The second-order valence-electron chi connectivity index (χ2n) is 10.8. The molecule has 2 fully saturated rings. The molecular weight excluding hydrogens is 596 g/mol. The molecule has 44 heavy (non-hydrogen) atoms. The summed E-state index contributed by atoms with van der Waals surface area (Å²) in [6.07, 6.45) is -2.25. The first-order valence-corrected chi connectivity index (χ1v) is 14.8. The molecule has 11 nitrogen and oxygen atoms in total. The molecule has 2 aromatic rings. The molecule has 0 aliphatic carbocycles. The van der Waals surface area contributed by atoms with Crippen molar-refractivity contribution in [3.8, 4) is 5.75 Å². The maximum atomic E-state index is 12.4. The average molecular weight is 633 g/mol. The average Bonchev–Trinajstić information content (AvgIpc) is 3.60. The van der Waals surface area contributed by atoms with Gasteiger partial charge < -0.3 is 33.2 Å². The molecule has 2 aliphatic heterocycles. The molecule has 0 radical (unpaired) electrons. The van der Waals surface area contributed by atoms with Crippen molar-refractivity contribution in [1.29, 1.82) is 0 Å². The van der Waals surface area contributed by atoms with Crippen LogP contribution in [-0.2, 0) is 59.6 Å². The third kappa shape index (κ3) is 8.93. The van der Waals surface area contributed by atoms with Gasteiger partial charge in [-0.3, -0.25) is 19.2 Å². The summed E-state index contributed by atoms with van der Waals surface area (Å²) in [4.78, 5) is 48.1. The van der Waals surface area contributed by atoms with E-state index < -0.39 is 47.8 Å². The van der Waals surface area contributed by atoms with E-state index in [0.717, 1.165) is 23.3 Å². The Labute approximate surface area is 261 Å². The van der Waals surface area contributed by atoms with Crippen molar-refractivity contribution in [3.05, 3.63) is 64.2 Å². The summed E-state index contributed by atoms with van der Waals surface area (Å²) < 4.78 is 39.2. The normalized spacial score (nSPS) is 21.0. The Balaban J connectivity index is 1.62. The van der Waals surface area contributed by atoms with E-state index in [1.54, 1.807) is 12.1 Å². The van der Waals surface area contributed by atoms with Crippen LogP contribution in [-0.4, -0.2) is 74.7 Å². The standard InChI is InChI=1S/C32H37ClO11/c1-19(34)39-14-12-29(41-20(2)35)30(42-21(3)36)31(43-22(4)37)32(18-40-32)25-7-10-28(33)24(16-25)15-23-5-8-26(9-6-23)44-27-11-13-38-17-27/h5-10,16,27,29-31H,11-15,17-18H2,1-4H3/t27-,29-,30+,31+,32+/m0/s1. The Morgan fingerprint density at radius 3 is 2.18 bits per heavy atom. The van der Waals surface area contributed by atoms with Crippen molar-refractivity contribution in [3.63, 3.8) is 0 Å². The van der Waals surface area contributed by atoms with E-state index in [2.05, 4.69) is 0 Å². The van der Waals surface area contributed by atoms with Gasteiger partial charge in [0.25, 0.3) is 0 Å². The highest BCUT2D eigenvalue weighted by molar-refractivity contribution is 6.31. The first-order valence-electron chi connectivity index (χ1n) is 14.4. The lowest BCUT2D eigenvalue weighted by Gasteiger charge is -2.35. The second kappa shape index (κ2) is 14.9. The Hall–Kier alpha value is -3.67. The molecule has 238 valence electrons. The van der Waals surface area contributed by atoms with E-state index in [-0.39, 0.29) is 25.7 Å². The van der Waals surface area contributed by atoms with Crippen LogP contribution in [0.4, 0.5) is 0 Å². The Morgan fingerprint density at radius 2 is 1.61 bits per heavy atom. The first kappa shape index (κ1) is 33.2. The summed E-state index contributed by atoms with van der Waals surface area (Å²) in [5.41, 5.74) is 1.17. The van der Waals surface area contributed by atoms with Gasteiger partial charge in [0.15, 0.2) is 17.8 Å². The quantitative estimate of drug-likeness (QED) is 0.169. The molecule has 0 unspecified atom stereocenters. The van der Waals surface area contributed by atoms with E-state index in [9.17, 15) is 19.2 Å². The number of carbonyl (C=O) groups is 4. The molecule has 12 heteroatoms. The number of esters is 4. The van der Waals surface area contributed by atoms with Crippen LogP contribution in [0, 0.1) is 0 Å². The van der Waals surface area contributed by atoms with Crippen LogP contribution in [0.25, 0.3) is 0 Å². The summed E-state index contributed by atoms with van der Waals surface area (Å²) in [5, 5.41) is 0.521. The summed E-state index contributed by atoms with van der Waals surface area (Å²) >= 11 is 6.61. The predicted octanol–water partition coefficient (Wildman–Crippen LogP) is 4.07. The zero-order valence-electron chi connectivity index (χ0n) is 25.2. The van der Waals surface area contributed by atoms with Gasteiger partial charge in [-0.15, -0.1) is 0 Å². The van der Waals surface area contributed by atoms with Crippen molar-refractivity contribution in [2.24, 2.45) is 0 Å². The number of hydrogen-bond donors (Lipinski definition) is 0. The largest absolute Gasteiger partial charge is 0.488 e. The second-order valence-corrected chi connectivity index (χ2v) is 11.2. The van der Waals surface area contributed by atoms with Crippen LogP contribution in [0.1, 0.15) is 57.2 Å². The number of carbonyl (C=O) groups excluding carboxylic acids is 4. The van der Waals surface area contributed by atoms with Gasteiger partial charge in [0.1, 0.15) is 18.0 Å². The fourth-order valence-corrected chi connectivity index (χ4v) is 5.39. The molecule has 4 rings (SSSR count). The molecule has 2 aliphatic rings. The minimum atomic E-state index is -1.28. The molecule has 2 aromatic carbocycles. The monoisotopic (exact) mass is 632 g/mol. The van der Waals surface area contributed by atoms with Gasteiger partial charge in [-0.2, -0.15) is 0 Å². The Morgan fingerprint density at radius 1 is 0.932 bits per heavy atom. The number of ether oxygens (including phenoxy) is 7. The van der Waals surface area contributed by atoms with E-state index in [4.69, 9.17) is 44.8 Å². The third-order valence-corrected chi connectivity index (χ3v) is 7.61. The van der Waals surface area contributed by atoms with Gasteiger partial charge in [0, 0.05) is 45.6 Å². The lowest BCUT2D eigenvalue weighted by atomic mass is 9.86. The molecular formula is C32H37ClO11. The van der Waals surface area contributed by atoms with Gasteiger partial charge in [-0.25, -0.2) is 0 Å². The van der Waals surface area contributed by atoms with Crippen molar-refractivity contribution in [2.75, 3.05) is 26.4 Å². The van der Waals surface area contributed by atoms with Crippen LogP contribution in [0.15, 0.2) is 42.5 Å². The van der Waals surface area contributed by atoms with Crippen molar-refractivity contribution < 1.29 is 52.3 Å². The predicted molar refractivity (Wildman–Crippen MR) is 156 cm³/mol. The third-order valence-electron chi connectivity index (χ3n) is 7.24. The molecule has 5 atom stereocenters. The maximum Gasteiger partial charge on any atom is 0.303 e. The molecule has 0 spiro atoms. The van der Waals surface area contributed by atoms with Crippen molar-refractivity contribution in [1.82, 2.24) is 0 Å². The van der Waals surface area contributed by atoms with Gasteiger partial charge in [0.2, 0.25) is 0 Å². The highest BCUT2D eigenvalue weighted by atomic mass is 35.5. The van der Waals surface area contributed by atoms with Crippen LogP contribution in [0.2, 0.25) is 5.02 Å². The highest BCUT2D eigenvalue weighted by Gasteiger charge is 2.61. The van der Waals surface area contributed by atoms with E-state index >= 15 is 0 Å². The zero-order valence-corrected chi connectivity index (χ0v) is 25.9. The zero-order chi connectivity index (χ0) is 31.9. The molecule has 2 saturated heterocycles. The lowest BCUT2D eigenvalue weighted by molar-refractivity contribution is -0.191. The number of benzene rings is 2. The Kier molecular flexibility index (Phi) is 11.2. The van der Waals surface area contributed by atoms with Crippen molar-refractivity contribution >= 4 is 35.5 Å². The van der Waals surface area contributed by atoms with Crippen LogP contribution in [0.5, 0.6) is 5.75 Å². The highest BCUT2D eigenvalue weighted by Crippen LogP contribution is 2.47. The molecule has 0 bridgehead atoms. The maximum absolute atomic E-state index is 12.4. The summed E-state index contributed by atoms with van der Waals surface area (Å²) in [6.45, 7) is 6.11. The topological polar surface area (TPSA) is 136 Å². The van der Waals surface area contributed by atoms with Crippen LogP contribution in [0.3, 0.4) is 0 Å². The summed E-state index contributed by atoms with van der Waals surface area (Å²) in [7, 11) is 0. The molecule has 2 heterocycles. The summed E-state index contributed by atoms with van der Waals surface area (Å²) in [5.74, 6) is -1.80. The van der Waals surface area contributed by atoms with Gasteiger partial charge in [-0.1, -0.05) is 35.9 Å². The number of halogens is 1. The van der Waals surface area contributed by atoms with Gasteiger partial charge >= 0.3 is 23.9 Å². The number of epoxide rings is 1. The van der Waals surface area contributed by atoms with E-state index in [1.807, 2.05) is 30.3 Å². The Bertz CT molecular complexity index is 1330. The fourth-order valence-electron chi connectivity index (χ4n) is 5.20. The first-order chi connectivity index (χ1) is 21.0. The van der Waals surface area contributed by atoms with Gasteiger partial charge in [0.05, 0.1) is 26.4 Å². The van der Waals surface area contributed by atoms with Crippen LogP contribution >= 0.6 is 11.6 Å². The van der Waals surface area contributed by atoms with Gasteiger partial charge in [-0.05, 0) is 41.3 Å². The SMILES string of the molecule is CC(=O)OCC[C@H](OC(C)=O)[C@@H](OC(C)=O)[C@@H](OC(C)=O)[C@]1(c2ccc(Cl)c(Cc3ccc(O[C@H]4CCOC4)cc3)c2)CO1. The smallest absolute Gasteiger partial charge is 0.303 e. The molecule has 0 N–H and O–H groups in total. The van der Waals surface area contributed by atoms with E-state index in [0.29, 0.717) is 30.2 Å². The minimum absolute atomic E-state index is 0.0235.